The Bertz CT molecular complexity index is 148. The van der Waals surface area contributed by atoms with Crippen molar-refractivity contribution >= 4 is 29.5 Å². The van der Waals surface area contributed by atoms with Gasteiger partial charge in [-0.2, -0.15) is 0 Å². The molecule has 0 bridgehead atoms. The molecule has 0 aliphatic carbocycles. The zero-order valence-corrected chi connectivity index (χ0v) is 8.49. The minimum Gasteiger partial charge on any atom is -0.481 e. The first-order valence-corrected chi connectivity index (χ1v) is 6.19. The summed E-state index contributed by atoms with van der Waals surface area (Å²) >= 11 is 3.81. The molecule has 70 valence electrons. The summed E-state index contributed by atoms with van der Waals surface area (Å²) in [5.74, 6) is 1.44. The van der Waals surface area contributed by atoms with E-state index in [0.717, 1.165) is 24.7 Å². The number of carboxylic acids is 1. The fourth-order valence-electron chi connectivity index (χ4n) is 1.01. The standard InChI is InChI=1S/C7H13NO2S2/c9-7(10)2-1-3-8-4-11-6-12-5-8/h1-6H2,(H,9,10). The van der Waals surface area contributed by atoms with E-state index in [0.29, 0.717) is 6.42 Å². The minimum atomic E-state index is -0.688. The highest BCUT2D eigenvalue weighted by Crippen LogP contribution is 2.21. The van der Waals surface area contributed by atoms with Crippen molar-refractivity contribution < 1.29 is 9.90 Å². The van der Waals surface area contributed by atoms with Crippen LogP contribution in [-0.4, -0.2) is 39.4 Å². The zero-order valence-electron chi connectivity index (χ0n) is 6.86. The molecule has 1 rings (SSSR count). The second-order valence-electron chi connectivity index (χ2n) is 2.68. The van der Waals surface area contributed by atoms with Gasteiger partial charge in [-0.1, -0.05) is 0 Å². The molecule has 1 heterocycles. The molecule has 0 radical (unpaired) electrons. The van der Waals surface area contributed by atoms with E-state index in [1.807, 2.05) is 23.5 Å². The number of rotatable bonds is 4. The van der Waals surface area contributed by atoms with Gasteiger partial charge in [0.2, 0.25) is 0 Å². The first-order chi connectivity index (χ1) is 5.79. The van der Waals surface area contributed by atoms with E-state index < -0.39 is 5.97 Å². The third kappa shape index (κ3) is 4.23. The summed E-state index contributed by atoms with van der Waals surface area (Å²) in [4.78, 5) is 12.5. The number of carbonyl (C=O) groups is 1. The Morgan fingerprint density at radius 3 is 2.67 bits per heavy atom. The molecule has 12 heavy (non-hydrogen) atoms. The predicted molar refractivity (Wildman–Crippen MR) is 53.4 cm³/mol. The van der Waals surface area contributed by atoms with Crippen molar-refractivity contribution in [1.29, 1.82) is 0 Å². The Hall–Kier alpha value is 0.130. The second-order valence-corrected chi connectivity index (χ2v) is 4.95. The number of aliphatic carboxylic acids is 1. The monoisotopic (exact) mass is 207 g/mol. The van der Waals surface area contributed by atoms with Gasteiger partial charge >= 0.3 is 5.97 Å². The molecule has 0 atom stereocenters. The second kappa shape index (κ2) is 5.72. The van der Waals surface area contributed by atoms with Crippen molar-refractivity contribution in [3.63, 3.8) is 0 Å². The number of nitrogens with zero attached hydrogens (tertiary/aromatic N) is 1. The SMILES string of the molecule is O=C(O)CCCN1CSCSC1. The first-order valence-electron chi connectivity index (χ1n) is 3.88. The van der Waals surface area contributed by atoms with Gasteiger partial charge in [-0.15, -0.1) is 23.5 Å². The van der Waals surface area contributed by atoms with Crippen LogP contribution in [0.15, 0.2) is 0 Å². The molecule has 1 aliphatic rings. The summed E-state index contributed by atoms with van der Waals surface area (Å²) in [5, 5.41) is 9.59. The van der Waals surface area contributed by atoms with Crippen molar-refractivity contribution in [3.8, 4) is 0 Å². The highest BCUT2D eigenvalue weighted by Gasteiger charge is 2.10. The summed E-state index contributed by atoms with van der Waals surface area (Å²) in [6, 6.07) is 0. The number of hydrogen-bond acceptors (Lipinski definition) is 4. The van der Waals surface area contributed by atoms with Crippen LogP contribution in [0, 0.1) is 0 Å². The fourth-order valence-corrected chi connectivity index (χ4v) is 3.15. The highest BCUT2D eigenvalue weighted by atomic mass is 32.2. The molecule has 3 nitrogen and oxygen atoms in total. The summed E-state index contributed by atoms with van der Waals surface area (Å²) in [5.41, 5.74) is 0. The summed E-state index contributed by atoms with van der Waals surface area (Å²) in [6.45, 7) is 0.923. The van der Waals surface area contributed by atoms with Gasteiger partial charge in [0.15, 0.2) is 0 Å². The quantitative estimate of drug-likeness (QED) is 0.756. The third-order valence-corrected chi connectivity index (χ3v) is 4.01. The van der Waals surface area contributed by atoms with Gasteiger partial charge in [0.05, 0.1) is 0 Å². The van der Waals surface area contributed by atoms with E-state index in [9.17, 15) is 4.79 Å². The molecule has 0 aromatic heterocycles. The Morgan fingerprint density at radius 1 is 1.42 bits per heavy atom. The van der Waals surface area contributed by atoms with Gasteiger partial charge in [0.1, 0.15) is 0 Å². The normalized spacial score (nSPS) is 19.3. The molecule has 1 saturated heterocycles. The molecule has 1 fully saturated rings. The van der Waals surface area contributed by atoms with Crippen molar-refractivity contribution in [1.82, 2.24) is 4.90 Å². The largest absolute Gasteiger partial charge is 0.481 e. The first kappa shape index (κ1) is 10.2. The van der Waals surface area contributed by atoms with Gasteiger partial charge in [-0.3, -0.25) is 9.69 Å². The lowest BCUT2D eigenvalue weighted by molar-refractivity contribution is -0.137. The van der Waals surface area contributed by atoms with Crippen LogP contribution in [0.3, 0.4) is 0 Å². The fraction of sp³-hybridized carbons (Fsp3) is 0.857. The average Bonchev–Trinajstić information content (AvgIpc) is 2.05. The maximum absolute atomic E-state index is 10.2. The number of thioether (sulfide) groups is 2. The lowest BCUT2D eigenvalue weighted by Gasteiger charge is -2.24. The van der Waals surface area contributed by atoms with E-state index in [2.05, 4.69) is 4.90 Å². The van der Waals surface area contributed by atoms with Crippen LogP contribution in [0.5, 0.6) is 0 Å². The van der Waals surface area contributed by atoms with Crippen LogP contribution in [0.25, 0.3) is 0 Å². The van der Waals surface area contributed by atoms with Crippen molar-refractivity contribution in [2.45, 2.75) is 12.8 Å². The van der Waals surface area contributed by atoms with E-state index in [-0.39, 0.29) is 0 Å². The number of carboxylic acid groups (broad SMARTS) is 1. The molecule has 0 spiro atoms. The van der Waals surface area contributed by atoms with E-state index >= 15 is 0 Å². The minimum absolute atomic E-state index is 0.297. The molecule has 5 heteroatoms. The van der Waals surface area contributed by atoms with Crippen LogP contribution in [0.2, 0.25) is 0 Å². The van der Waals surface area contributed by atoms with E-state index in [1.165, 1.54) is 5.08 Å². The summed E-state index contributed by atoms with van der Waals surface area (Å²) in [7, 11) is 0. The van der Waals surface area contributed by atoms with Crippen molar-refractivity contribution in [2.75, 3.05) is 23.4 Å². The molecule has 0 unspecified atom stereocenters. The van der Waals surface area contributed by atoms with Crippen molar-refractivity contribution in [2.24, 2.45) is 0 Å². The van der Waals surface area contributed by atoms with Gasteiger partial charge in [-0.05, 0) is 6.42 Å². The zero-order chi connectivity index (χ0) is 8.81. The maximum atomic E-state index is 10.2. The third-order valence-electron chi connectivity index (χ3n) is 1.58. The number of hydrogen-bond donors (Lipinski definition) is 1. The van der Waals surface area contributed by atoms with Crippen LogP contribution in [0.1, 0.15) is 12.8 Å². The smallest absolute Gasteiger partial charge is 0.303 e. The molecule has 1 N–H and O–H groups in total. The van der Waals surface area contributed by atoms with Gasteiger partial charge in [-0.25, -0.2) is 0 Å². The lowest BCUT2D eigenvalue weighted by Crippen LogP contribution is -2.27. The topological polar surface area (TPSA) is 40.5 Å². The molecule has 0 aromatic carbocycles. The Kier molecular flexibility index (Phi) is 4.87. The molecular formula is C7H13NO2S2. The van der Waals surface area contributed by atoms with Crippen molar-refractivity contribution in [3.05, 3.63) is 0 Å². The average molecular weight is 207 g/mol. The van der Waals surface area contributed by atoms with E-state index in [1.54, 1.807) is 0 Å². The Balaban J connectivity index is 2.01. The molecular weight excluding hydrogens is 194 g/mol. The van der Waals surface area contributed by atoms with Crippen LogP contribution in [-0.2, 0) is 4.79 Å². The molecule has 0 aromatic rings. The predicted octanol–water partition coefficient (Wildman–Crippen LogP) is 1.51. The van der Waals surface area contributed by atoms with E-state index in [4.69, 9.17) is 5.11 Å². The maximum Gasteiger partial charge on any atom is 0.303 e. The molecule has 0 amide bonds. The molecule has 0 saturated carbocycles. The van der Waals surface area contributed by atoms with Gasteiger partial charge in [0.25, 0.3) is 0 Å². The van der Waals surface area contributed by atoms with Gasteiger partial charge in [0, 0.05) is 29.8 Å². The van der Waals surface area contributed by atoms with Gasteiger partial charge < -0.3 is 5.11 Å². The highest BCUT2D eigenvalue weighted by molar-refractivity contribution is 8.16. The van der Waals surface area contributed by atoms with Crippen LogP contribution < -0.4 is 0 Å². The van der Waals surface area contributed by atoms with Crippen LogP contribution >= 0.6 is 23.5 Å². The summed E-state index contributed by atoms with van der Waals surface area (Å²) < 4.78 is 0. The Morgan fingerprint density at radius 2 is 2.08 bits per heavy atom. The molecule has 1 aliphatic heterocycles. The summed E-state index contributed by atoms with van der Waals surface area (Å²) in [6.07, 6.45) is 1.07. The van der Waals surface area contributed by atoms with Crippen LogP contribution in [0.4, 0.5) is 0 Å². The Labute approximate surface area is 80.9 Å². The lowest BCUT2D eigenvalue weighted by atomic mass is 10.3.